The van der Waals surface area contributed by atoms with Crippen LogP contribution in [0.25, 0.3) is 27.1 Å². The monoisotopic (exact) mass is 351 g/mol. The second-order valence-electron chi connectivity index (χ2n) is 6.41. The molecule has 5 rings (SSSR count). The first-order valence-electron chi connectivity index (χ1n) is 8.49. The molecule has 0 bridgehead atoms. The van der Waals surface area contributed by atoms with E-state index in [9.17, 15) is 0 Å². The number of anilines is 1. The van der Waals surface area contributed by atoms with Gasteiger partial charge in [0.1, 0.15) is 0 Å². The lowest BCUT2D eigenvalue weighted by Crippen LogP contribution is -2.16. The molecule has 0 atom stereocenters. The summed E-state index contributed by atoms with van der Waals surface area (Å²) in [6.07, 6.45) is 6.64. The van der Waals surface area contributed by atoms with Crippen LogP contribution in [0.5, 0.6) is 0 Å². The van der Waals surface area contributed by atoms with Gasteiger partial charge >= 0.3 is 0 Å². The van der Waals surface area contributed by atoms with Gasteiger partial charge in [-0.25, -0.2) is 9.97 Å². The van der Waals surface area contributed by atoms with Gasteiger partial charge in [0, 0.05) is 6.04 Å². The molecule has 126 valence electrons. The van der Waals surface area contributed by atoms with Crippen molar-refractivity contribution in [2.75, 3.05) is 5.32 Å². The summed E-state index contributed by atoms with van der Waals surface area (Å²) in [5.41, 5.74) is 3.35. The van der Waals surface area contributed by atoms with Crippen molar-refractivity contribution in [1.82, 2.24) is 29.9 Å². The standard InChI is InChI=1S/C17H17N7S/c1-10-19-13-7-6-12(8-15(13)25-10)24-16-14(22-23-24)9-18-17(21-16)20-11-4-2-3-5-11/h6-9,11H,2-5H2,1H3,(H,18,20,21). The van der Waals surface area contributed by atoms with E-state index in [1.807, 2.05) is 19.1 Å². The summed E-state index contributed by atoms with van der Waals surface area (Å²) >= 11 is 1.68. The van der Waals surface area contributed by atoms with Crippen LogP contribution in [0.3, 0.4) is 0 Å². The summed E-state index contributed by atoms with van der Waals surface area (Å²) in [6.45, 7) is 2.02. The highest BCUT2D eigenvalue weighted by molar-refractivity contribution is 7.18. The number of aromatic nitrogens is 6. The van der Waals surface area contributed by atoms with Gasteiger partial charge in [0.15, 0.2) is 11.2 Å². The topological polar surface area (TPSA) is 81.4 Å². The molecule has 0 saturated heterocycles. The Hall–Kier alpha value is -2.61. The number of hydrogen-bond donors (Lipinski definition) is 1. The third-order valence-electron chi connectivity index (χ3n) is 4.60. The molecule has 0 spiro atoms. The molecule has 3 aromatic heterocycles. The van der Waals surface area contributed by atoms with Crippen LogP contribution in [-0.4, -0.2) is 36.0 Å². The van der Waals surface area contributed by atoms with Gasteiger partial charge in [-0.3, -0.25) is 0 Å². The maximum absolute atomic E-state index is 4.66. The van der Waals surface area contributed by atoms with Crippen molar-refractivity contribution in [3.63, 3.8) is 0 Å². The molecule has 3 heterocycles. The van der Waals surface area contributed by atoms with Crippen LogP contribution >= 0.6 is 11.3 Å². The number of fused-ring (bicyclic) bond motifs is 2. The summed E-state index contributed by atoms with van der Waals surface area (Å²) in [5, 5.41) is 13.0. The van der Waals surface area contributed by atoms with Crippen LogP contribution in [0.2, 0.25) is 0 Å². The minimum absolute atomic E-state index is 0.471. The van der Waals surface area contributed by atoms with E-state index in [1.54, 1.807) is 22.2 Å². The average Bonchev–Trinajstić information content (AvgIpc) is 3.32. The van der Waals surface area contributed by atoms with E-state index in [0.29, 0.717) is 17.5 Å². The van der Waals surface area contributed by atoms with E-state index in [-0.39, 0.29) is 0 Å². The van der Waals surface area contributed by atoms with Crippen LogP contribution < -0.4 is 5.32 Å². The van der Waals surface area contributed by atoms with Crippen molar-refractivity contribution in [1.29, 1.82) is 0 Å². The Kier molecular flexibility index (Phi) is 3.37. The smallest absolute Gasteiger partial charge is 0.225 e. The molecule has 1 aromatic carbocycles. The van der Waals surface area contributed by atoms with Crippen LogP contribution in [0.4, 0.5) is 5.95 Å². The number of nitrogens with one attached hydrogen (secondary N) is 1. The Morgan fingerprint density at radius 3 is 2.92 bits per heavy atom. The number of thiazole rings is 1. The summed E-state index contributed by atoms with van der Waals surface area (Å²) in [5.74, 6) is 0.651. The number of benzene rings is 1. The Morgan fingerprint density at radius 2 is 2.04 bits per heavy atom. The van der Waals surface area contributed by atoms with Crippen molar-refractivity contribution in [3.05, 3.63) is 29.4 Å². The van der Waals surface area contributed by atoms with Crippen LogP contribution in [0, 0.1) is 6.92 Å². The number of nitrogens with zero attached hydrogens (tertiary/aromatic N) is 6. The molecular weight excluding hydrogens is 334 g/mol. The first-order chi connectivity index (χ1) is 12.3. The summed E-state index contributed by atoms with van der Waals surface area (Å²) in [7, 11) is 0. The van der Waals surface area contributed by atoms with E-state index in [4.69, 9.17) is 0 Å². The van der Waals surface area contributed by atoms with Crippen molar-refractivity contribution in [2.24, 2.45) is 0 Å². The second kappa shape index (κ2) is 5.73. The fourth-order valence-corrected chi connectivity index (χ4v) is 4.24. The predicted octanol–water partition coefficient (Wildman–Crippen LogP) is 3.48. The summed E-state index contributed by atoms with van der Waals surface area (Å²) in [4.78, 5) is 13.6. The minimum Gasteiger partial charge on any atom is -0.351 e. The zero-order chi connectivity index (χ0) is 16.8. The third-order valence-corrected chi connectivity index (χ3v) is 5.54. The van der Waals surface area contributed by atoms with Crippen LogP contribution in [0.1, 0.15) is 30.7 Å². The van der Waals surface area contributed by atoms with Gasteiger partial charge in [-0.2, -0.15) is 9.67 Å². The number of rotatable bonds is 3. The Morgan fingerprint density at radius 1 is 1.16 bits per heavy atom. The van der Waals surface area contributed by atoms with Gasteiger partial charge in [-0.15, -0.1) is 16.4 Å². The normalized spacial score (nSPS) is 15.4. The highest BCUT2D eigenvalue weighted by Crippen LogP contribution is 2.26. The lowest BCUT2D eigenvalue weighted by atomic mass is 10.2. The van der Waals surface area contributed by atoms with Crippen molar-refractivity contribution >= 4 is 38.7 Å². The molecule has 0 unspecified atom stereocenters. The number of aryl methyl sites for hydroxylation is 1. The maximum atomic E-state index is 4.66. The zero-order valence-electron chi connectivity index (χ0n) is 13.8. The summed E-state index contributed by atoms with van der Waals surface area (Å²) < 4.78 is 2.91. The first kappa shape index (κ1) is 14.7. The van der Waals surface area contributed by atoms with Gasteiger partial charge in [-0.1, -0.05) is 18.1 Å². The Labute approximate surface area is 148 Å². The van der Waals surface area contributed by atoms with Crippen molar-refractivity contribution < 1.29 is 0 Å². The zero-order valence-corrected chi connectivity index (χ0v) is 14.6. The minimum atomic E-state index is 0.471. The molecule has 1 fully saturated rings. The van der Waals surface area contributed by atoms with E-state index < -0.39 is 0 Å². The molecule has 1 aliphatic rings. The molecule has 1 saturated carbocycles. The van der Waals surface area contributed by atoms with Crippen molar-refractivity contribution in [3.8, 4) is 5.69 Å². The van der Waals surface area contributed by atoms with Gasteiger partial charge in [0.2, 0.25) is 5.95 Å². The van der Waals surface area contributed by atoms with Gasteiger partial charge in [0.05, 0.1) is 27.1 Å². The van der Waals surface area contributed by atoms with Gasteiger partial charge in [-0.05, 0) is 38.0 Å². The lowest BCUT2D eigenvalue weighted by molar-refractivity contribution is 0.744. The lowest BCUT2D eigenvalue weighted by Gasteiger charge is -2.11. The molecule has 25 heavy (non-hydrogen) atoms. The molecule has 1 aliphatic carbocycles. The SMILES string of the molecule is Cc1nc2ccc(-n3nnc4cnc(NC5CCCC5)nc43)cc2s1. The Bertz CT molecular complexity index is 1060. The fraction of sp³-hybridized carbons (Fsp3) is 0.353. The molecule has 8 heteroatoms. The van der Waals surface area contributed by atoms with Crippen molar-refractivity contribution in [2.45, 2.75) is 38.6 Å². The molecular formula is C17H17N7S. The maximum Gasteiger partial charge on any atom is 0.225 e. The molecule has 4 aromatic rings. The predicted molar refractivity (Wildman–Crippen MR) is 98.2 cm³/mol. The fourth-order valence-electron chi connectivity index (χ4n) is 3.38. The van der Waals surface area contributed by atoms with E-state index in [0.717, 1.165) is 26.6 Å². The van der Waals surface area contributed by atoms with E-state index in [2.05, 4.69) is 36.6 Å². The van der Waals surface area contributed by atoms with E-state index >= 15 is 0 Å². The molecule has 0 radical (unpaired) electrons. The average molecular weight is 351 g/mol. The molecule has 0 amide bonds. The third kappa shape index (κ3) is 2.62. The molecule has 0 aliphatic heterocycles. The van der Waals surface area contributed by atoms with Gasteiger partial charge < -0.3 is 5.32 Å². The van der Waals surface area contributed by atoms with Gasteiger partial charge in [0.25, 0.3) is 0 Å². The van der Waals surface area contributed by atoms with Crippen LogP contribution in [0.15, 0.2) is 24.4 Å². The quantitative estimate of drug-likeness (QED) is 0.608. The molecule has 7 nitrogen and oxygen atoms in total. The van der Waals surface area contributed by atoms with E-state index in [1.165, 1.54) is 25.7 Å². The Balaban J connectivity index is 1.56. The summed E-state index contributed by atoms with van der Waals surface area (Å²) in [6, 6.07) is 6.57. The number of hydrogen-bond acceptors (Lipinski definition) is 7. The molecule has 1 N–H and O–H groups in total. The first-order valence-corrected chi connectivity index (χ1v) is 9.30. The highest BCUT2D eigenvalue weighted by Gasteiger charge is 2.17. The highest BCUT2D eigenvalue weighted by atomic mass is 32.1. The second-order valence-corrected chi connectivity index (χ2v) is 7.65. The van der Waals surface area contributed by atoms with Crippen LogP contribution in [-0.2, 0) is 0 Å². The largest absolute Gasteiger partial charge is 0.351 e.